The van der Waals surface area contributed by atoms with E-state index < -0.39 is 5.97 Å². The van der Waals surface area contributed by atoms with Crippen LogP contribution in [-0.2, 0) is 9.59 Å². The summed E-state index contributed by atoms with van der Waals surface area (Å²) in [5, 5.41) is 12.6. The Hall–Kier alpha value is -1.19. The number of aromatic nitrogens is 2. The highest BCUT2D eigenvalue weighted by Gasteiger charge is 2.18. The van der Waals surface area contributed by atoms with E-state index in [9.17, 15) is 9.59 Å². The molecule has 0 unspecified atom stereocenters. The molecule has 0 bridgehead atoms. The Morgan fingerprint density at radius 3 is 2.71 bits per heavy atom. The number of carbonyl (C=O) groups is 2. The molecule has 1 heterocycles. The summed E-state index contributed by atoms with van der Waals surface area (Å²) >= 11 is 2.67. The number of nitrogens with one attached hydrogen (secondary N) is 1. The minimum Gasteiger partial charge on any atom is -0.480 e. The molecule has 0 fully saturated rings. The summed E-state index contributed by atoms with van der Waals surface area (Å²) in [6, 6.07) is -0.0306. The summed E-state index contributed by atoms with van der Waals surface area (Å²) in [7, 11) is 0. The van der Waals surface area contributed by atoms with E-state index in [0.717, 1.165) is 23.7 Å². The summed E-state index contributed by atoms with van der Waals surface area (Å²) in [5.74, 6) is -0.303. The van der Waals surface area contributed by atoms with E-state index in [1.165, 1.54) is 0 Å². The van der Waals surface area contributed by atoms with E-state index in [-0.39, 0.29) is 25.0 Å². The maximum Gasteiger partial charge on any atom is 0.317 e. The predicted octanol–water partition coefficient (Wildman–Crippen LogP) is 1.77. The molecule has 0 aliphatic heterocycles. The molecule has 0 aliphatic carbocycles. The normalized spacial score (nSPS) is 11.1. The smallest absolute Gasteiger partial charge is 0.317 e. The third-order valence-corrected chi connectivity index (χ3v) is 4.30. The molecule has 118 valence electrons. The first-order chi connectivity index (χ1) is 9.92. The average molecular weight is 332 g/mol. The summed E-state index contributed by atoms with van der Waals surface area (Å²) in [5.41, 5.74) is 0. The fourth-order valence-electron chi connectivity index (χ4n) is 1.45. The van der Waals surface area contributed by atoms with Gasteiger partial charge in [0.2, 0.25) is 16.2 Å². The molecular formula is C12H20N4O3S2. The number of amides is 1. The maximum absolute atomic E-state index is 11.9. The van der Waals surface area contributed by atoms with Crippen molar-refractivity contribution >= 4 is 40.3 Å². The zero-order valence-electron chi connectivity index (χ0n) is 12.3. The van der Waals surface area contributed by atoms with E-state index in [1.807, 2.05) is 13.8 Å². The fourth-order valence-corrected chi connectivity index (χ4v) is 2.87. The number of hydrogen-bond acceptors (Lipinski definition) is 7. The van der Waals surface area contributed by atoms with Crippen molar-refractivity contribution in [1.82, 2.24) is 14.3 Å². The third-order valence-electron chi connectivity index (χ3n) is 2.50. The standard InChI is InChI=1S/C12H20N4O3S2/c1-4-5-20-12-14-11(21-15-12)13-9(17)6-16(8(2)3)7-10(18)19/h8H,4-7H2,1-3H3,(H,18,19)(H,13,14,15,17). The molecule has 0 aliphatic rings. The van der Waals surface area contributed by atoms with Crippen molar-refractivity contribution in [2.75, 3.05) is 24.2 Å². The monoisotopic (exact) mass is 332 g/mol. The van der Waals surface area contributed by atoms with Crippen LogP contribution in [0.2, 0.25) is 0 Å². The van der Waals surface area contributed by atoms with Gasteiger partial charge in [0.1, 0.15) is 0 Å². The van der Waals surface area contributed by atoms with Crippen LogP contribution in [0.5, 0.6) is 0 Å². The van der Waals surface area contributed by atoms with Crippen LogP contribution in [0.25, 0.3) is 0 Å². The number of carboxylic acids is 1. The predicted molar refractivity (Wildman–Crippen MR) is 83.9 cm³/mol. The molecule has 2 N–H and O–H groups in total. The first-order valence-corrected chi connectivity index (χ1v) is 8.40. The molecule has 0 spiro atoms. The zero-order chi connectivity index (χ0) is 15.8. The first-order valence-electron chi connectivity index (χ1n) is 6.64. The largest absolute Gasteiger partial charge is 0.480 e. The quantitative estimate of drug-likeness (QED) is 0.665. The van der Waals surface area contributed by atoms with Gasteiger partial charge in [-0.15, -0.1) is 0 Å². The summed E-state index contributed by atoms with van der Waals surface area (Å²) in [6.07, 6.45) is 1.03. The molecule has 1 amide bonds. The van der Waals surface area contributed by atoms with Gasteiger partial charge in [0.05, 0.1) is 13.1 Å². The lowest BCUT2D eigenvalue weighted by Crippen LogP contribution is -2.41. The lowest BCUT2D eigenvalue weighted by Gasteiger charge is -2.23. The second-order valence-corrected chi connectivity index (χ2v) is 6.49. The second-order valence-electron chi connectivity index (χ2n) is 4.67. The third kappa shape index (κ3) is 6.87. The molecule has 1 aromatic rings. The fraction of sp³-hybridized carbons (Fsp3) is 0.667. The molecule has 0 saturated heterocycles. The molecule has 9 heteroatoms. The van der Waals surface area contributed by atoms with Gasteiger partial charge in [-0.05, 0) is 20.3 Å². The second kappa shape index (κ2) is 8.96. The number of hydrogen-bond donors (Lipinski definition) is 2. The van der Waals surface area contributed by atoms with E-state index in [0.29, 0.717) is 10.3 Å². The highest BCUT2D eigenvalue weighted by atomic mass is 32.2. The molecule has 0 atom stereocenters. The van der Waals surface area contributed by atoms with Gasteiger partial charge in [-0.25, -0.2) is 0 Å². The van der Waals surface area contributed by atoms with Crippen LogP contribution < -0.4 is 5.32 Å². The van der Waals surface area contributed by atoms with E-state index in [4.69, 9.17) is 5.11 Å². The van der Waals surface area contributed by atoms with Crippen molar-refractivity contribution in [2.24, 2.45) is 0 Å². The Labute approximate surface area is 132 Å². The molecule has 0 radical (unpaired) electrons. The molecule has 7 nitrogen and oxygen atoms in total. The van der Waals surface area contributed by atoms with Crippen molar-refractivity contribution in [3.8, 4) is 0 Å². The molecule has 21 heavy (non-hydrogen) atoms. The topological polar surface area (TPSA) is 95.4 Å². The highest BCUT2D eigenvalue weighted by molar-refractivity contribution is 7.99. The average Bonchev–Trinajstić information content (AvgIpc) is 2.82. The van der Waals surface area contributed by atoms with Crippen molar-refractivity contribution in [2.45, 2.75) is 38.4 Å². The van der Waals surface area contributed by atoms with Crippen molar-refractivity contribution in [1.29, 1.82) is 0 Å². The molecule has 1 aromatic heterocycles. The Balaban J connectivity index is 2.51. The van der Waals surface area contributed by atoms with Gasteiger partial charge in [0, 0.05) is 23.3 Å². The number of thioether (sulfide) groups is 1. The van der Waals surface area contributed by atoms with Gasteiger partial charge in [-0.2, -0.15) is 9.36 Å². The lowest BCUT2D eigenvalue weighted by molar-refractivity contribution is -0.139. The molecule has 0 aromatic carbocycles. The van der Waals surface area contributed by atoms with Gasteiger partial charge < -0.3 is 5.11 Å². The van der Waals surface area contributed by atoms with Gasteiger partial charge in [-0.3, -0.25) is 19.8 Å². The van der Waals surface area contributed by atoms with Crippen LogP contribution >= 0.6 is 23.3 Å². The number of carbonyl (C=O) groups excluding carboxylic acids is 1. The number of anilines is 1. The number of carboxylic acid groups (broad SMARTS) is 1. The van der Waals surface area contributed by atoms with Crippen LogP contribution in [0.3, 0.4) is 0 Å². The summed E-state index contributed by atoms with van der Waals surface area (Å²) in [4.78, 5) is 28.5. The van der Waals surface area contributed by atoms with E-state index in [2.05, 4.69) is 21.6 Å². The first kappa shape index (κ1) is 17.9. The van der Waals surface area contributed by atoms with Crippen LogP contribution in [0.4, 0.5) is 5.13 Å². The van der Waals surface area contributed by atoms with Crippen molar-refractivity contribution in [3.63, 3.8) is 0 Å². The van der Waals surface area contributed by atoms with Crippen molar-refractivity contribution < 1.29 is 14.7 Å². The summed E-state index contributed by atoms with van der Waals surface area (Å²) < 4.78 is 4.14. The van der Waals surface area contributed by atoms with E-state index >= 15 is 0 Å². The van der Waals surface area contributed by atoms with Crippen LogP contribution in [0.1, 0.15) is 27.2 Å². The van der Waals surface area contributed by atoms with E-state index in [1.54, 1.807) is 16.7 Å². The zero-order valence-corrected chi connectivity index (χ0v) is 14.0. The van der Waals surface area contributed by atoms with Gasteiger partial charge in [0.25, 0.3) is 0 Å². The number of nitrogens with zero attached hydrogens (tertiary/aromatic N) is 3. The SMILES string of the molecule is CCCSc1nsc(NC(=O)CN(CC(=O)O)C(C)C)n1. The number of rotatable bonds is 9. The van der Waals surface area contributed by atoms with Gasteiger partial charge in [-0.1, -0.05) is 18.7 Å². The van der Waals surface area contributed by atoms with Crippen LogP contribution in [0, 0.1) is 0 Å². The van der Waals surface area contributed by atoms with Crippen molar-refractivity contribution in [3.05, 3.63) is 0 Å². The molecule has 0 saturated carbocycles. The Kier molecular flexibility index (Phi) is 7.62. The van der Waals surface area contributed by atoms with Gasteiger partial charge >= 0.3 is 5.97 Å². The molecular weight excluding hydrogens is 312 g/mol. The molecule has 1 rings (SSSR count). The number of aliphatic carboxylic acids is 1. The highest BCUT2D eigenvalue weighted by Crippen LogP contribution is 2.20. The maximum atomic E-state index is 11.9. The van der Waals surface area contributed by atoms with Crippen LogP contribution in [-0.4, -0.2) is 56.1 Å². The Morgan fingerprint density at radius 1 is 1.43 bits per heavy atom. The minimum atomic E-state index is -0.953. The van der Waals surface area contributed by atoms with Gasteiger partial charge in [0.15, 0.2) is 0 Å². The Morgan fingerprint density at radius 2 is 2.14 bits per heavy atom. The minimum absolute atomic E-state index is 0.0149. The Bertz CT molecular complexity index is 479. The summed E-state index contributed by atoms with van der Waals surface area (Å²) in [6.45, 7) is 5.62. The lowest BCUT2D eigenvalue weighted by atomic mass is 10.3. The van der Waals surface area contributed by atoms with Crippen LogP contribution in [0.15, 0.2) is 5.16 Å².